The van der Waals surface area contributed by atoms with Crippen molar-refractivity contribution in [2.24, 2.45) is 0 Å². The second kappa shape index (κ2) is 7.86. The molecule has 1 aromatic carbocycles. The van der Waals surface area contributed by atoms with Gasteiger partial charge < -0.3 is 9.64 Å². The van der Waals surface area contributed by atoms with Crippen LogP contribution < -0.4 is 4.74 Å². The molecule has 0 N–H and O–H groups in total. The zero-order valence-corrected chi connectivity index (χ0v) is 13.4. The zero-order valence-electron chi connectivity index (χ0n) is 13.4. The van der Waals surface area contributed by atoms with Crippen LogP contribution in [0.15, 0.2) is 24.3 Å². The van der Waals surface area contributed by atoms with Gasteiger partial charge in [-0.1, -0.05) is 24.1 Å². The van der Waals surface area contributed by atoms with Gasteiger partial charge in [-0.25, -0.2) is 0 Å². The molecule has 118 valence electrons. The van der Waals surface area contributed by atoms with Crippen LogP contribution in [0.5, 0.6) is 5.75 Å². The van der Waals surface area contributed by atoms with Gasteiger partial charge in [-0.2, -0.15) is 0 Å². The van der Waals surface area contributed by atoms with Crippen molar-refractivity contribution < 1.29 is 9.53 Å². The van der Waals surface area contributed by atoms with Crippen LogP contribution in [0.25, 0.3) is 0 Å². The van der Waals surface area contributed by atoms with Crippen molar-refractivity contribution in [3.05, 3.63) is 29.8 Å². The molecule has 1 atom stereocenters. The smallest absolute Gasteiger partial charge is 0.239 e. The summed E-state index contributed by atoms with van der Waals surface area (Å²) in [5.41, 5.74) is 1.04. The first-order chi connectivity index (χ1) is 10.6. The summed E-state index contributed by atoms with van der Waals surface area (Å²) in [6.45, 7) is 4.65. The van der Waals surface area contributed by atoms with Gasteiger partial charge >= 0.3 is 0 Å². The number of hydrogen-bond donors (Lipinski definition) is 0. The van der Waals surface area contributed by atoms with Gasteiger partial charge in [-0.3, -0.25) is 9.69 Å². The van der Waals surface area contributed by atoms with E-state index in [4.69, 9.17) is 11.2 Å². The summed E-state index contributed by atoms with van der Waals surface area (Å²) in [5.74, 6) is 3.47. The van der Waals surface area contributed by atoms with Crippen LogP contribution in [-0.2, 0) is 11.3 Å². The molecule has 4 heteroatoms. The van der Waals surface area contributed by atoms with Crippen LogP contribution in [-0.4, -0.2) is 48.5 Å². The number of carbonyl (C=O) groups is 1. The fraction of sp³-hybridized carbons (Fsp3) is 0.500. The highest BCUT2D eigenvalue weighted by atomic mass is 16.5. The van der Waals surface area contributed by atoms with Crippen LogP contribution in [0, 0.1) is 12.3 Å². The third-order valence-electron chi connectivity index (χ3n) is 4.14. The number of terminal acetylenes is 1. The fourth-order valence-electron chi connectivity index (χ4n) is 2.69. The number of ether oxygens (including phenoxy) is 1. The highest BCUT2D eigenvalue weighted by Gasteiger charge is 2.26. The van der Waals surface area contributed by atoms with Gasteiger partial charge in [0.05, 0.1) is 6.04 Å². The second-order valence-corrected chi connectivity index (χ2v) is 5.72. The predicted molar refractivity (Wildman–Crippen MR) is 87.5 cm³/mol. The molecule has 1 aliphatic rings. The average Bonchev–Trinajstić information content (AvgIpc) is 3.07. The maximum atomic E-state index is 12.5. The summed E-state index contributed by atoms with van der Waals surface area (Å²) in [5, 5.41) is 0. The minimum absolute atomic E-state index is 0.140. The first kappa shape index (κ1) is 16.4. The Balaban J connectivity index is 2.00. The van der Waals surface area contributed by atoms with Crippen LogP contribution in [0.1, 0.15) is 25.3 Å². The number of nitrogens with zero attached hydrogens (tertiary/aromatic N) is 2. The highest BCUT2D eigenvalue weighted by Crippen LogP contribution is 2.21. The first-order valence-corrected chi connectivity index (χ1v) is 7.76. The van der Waals surface area contributed by atoms with Crippen LogP contribution in [0.4, 0.5) is 0 Å². The lowest BCUT2D eigenvalue weighted by molar-refractivity contribution is -0.135. The normalized spacial score (nSPS) is 15.6. The molecular formula is C18H24N2O2. The third kappa shape index (κ3) is 4.02. The Kier molecular flexibility index (Phi) is 5.85. The fourth-order valence-corrected chi connectivity index (χ4v) is 2.69. The number of para-hydroxylation sites is 1. The molecule has 1 saturated heterocycles. The molecule has 1 aromatic rings. The number of carbonyl (C=O) groups excluding carboxylic acids is 1. The summed E-state index contributed by atoms with van der Waals surface area (Å²) in [6.07, 6.45) is 7.48. The summed E-state index contributed by atoms with van der Waals surface area (Å²) in [6, 6.07) is 7.68. The van der Waals surface area contributed by atoms with E-state index in [2.05, 4.69) is 10.8 Å². The number of likely N-dealkylation sites (N-methyl/N-ethyl adjacent to an activating group) is 1. The van der Waals surface area contributed by atoms with E-state index in [1.165, 1.54) is 0 Å². The molecule has 22 heavy (non-hydrogen) atoms. The molecule has 0 spiro atoms. The summed E-state index contributed by atoms with van der Waals surface area (Å²) < 4.78 is 5.57. The van der Waals surface area contributed by atoms with Gasteiger partial charge in [0.2, 0.25) is 5.91 Å². The highest BCUT2D eigenvalue weighted by molar-refractivity contribution is 5.81. The molecule has 1 heterocycles. The van der Waals surface area contributed by atoms with E-state index < -0.39 is 0 Å². The van der Waals surface area contributed by atoms with E-state index in [-0.39, 0.29) is 18.6 Å². The van der Waals surface area contributed by atoms with Gasteiger partial charge in [0.25, 0.3) is 0 Å². The number of hydrogen-bond acceptors (Lipinski definition) is 3. The van der Waals surface area contributed by atoms with Gasteiger partial charge in [0.15, 0.2) is 0 Å². The zero-order chi connectivity index (χ0) is 15.9. The van der Waals surface area contributed by atoms with Crippen molar-refractivity contribution in [2.45, 2.75) is 32.4 Å². The Hall–Kier alpha value is -1.99. The van der Waals surface area contributed by atoms with E-state index in [1.54, 1.807) is 0 Å². The van der Waals surface area contributed by atoms with Crippen LogP contribution in [0.3, 0.4) is 0 Å². The summed E-state index contributed by atoms with van der Waals surface area (Å²) >= 11 is 0. The molecule has 0 aliphatic carbocycles. The molecule has 0 saturated carbocycles. The minimum atomic E-state index is -0.140. The van der Waals surface area contributed by atoms with E-state index in [0.717, 1.165) is 37.2 Å². The van der Waals surface area contributed by atoms with Crippen molar-refractivity contribution in [1.29, 1.82) is 0 Å². The Labute approximate surface area is 133 Å². The standard InChI is InChI=1S/C18H24N2O2/c1-4-13-22-17-10-6-5-9-16(17)14-19(3)15(2)18(21)20-11-7-8-12-20/h1,5-6,9-10,15H,7-8,11-14H2,2-3H3/t15-/m0/s1. The largest absolute Gasteiger partial charge is 0.481 e. The lowest BCUT2D eigenvalue weighted by Crippen LogP contribution is -2.44. The number of benzene rings is 1. The third-order valence-corrected chi connectivity index (χ3v) is 4.14. The van der Waals surface area contributed by atoms with Crippen molar-refractivity contribution in [3.8, 4) is 18.1 Å². The number of rotatable bonds is 6. The molecule has 2 rings (SSSR count). The van der Waals surface area contributed by atoms with Crippen LogP contribution in [0.2, 0.25) is 0 Å². The predicted octanol–water partition coefficient (Wildman–Crippen LogP) is 2.14. The van der Waals surface area contributed by atoms with Gasteiger partial charge in [-0.15, -0.1) is 6.42 Å². The molecule has 1 aliphatic heterocycles. The topological polar surface area (TPSA) is 32.8 Å². The lowest BCUT2D eigenvalue weighted by Gasteiger charge is -2.28. The average molecular weight is 300 g/mol. The monoisotopic (exact) mass is 300 g/mol. The van der Waals surface area contributed by atoms with E-state index in [9.17, 15) is 4.79 Å². The molecule has 1 fully saturated rings. The SMILES string of the molecule is C#CCOc1ccccc1CN(C)[C@@H](C)C(=O)N1CCCC1. The van der Waals surface area contributed by atoms with Gasteiger partial charge in [0, 0.05) is 25.2 Å². The van der Waals surface area contributed by atoms with Crippen LogP contribution >= 0.6 is 0 Å². The lowest BCUT2D eigenvalue weighted by atomic mass is 10.1. The van der Waals surface area contributed by atoms with Crippen molar-refractivity contribution in [3.63, 3.8) is 0 Å². The first-order valence-electron chi connectivity index (χ1n) is 7.76. The Morgan fingerprint density at radius 3 is 2.77 bits per heavy atom. The molecule has 1 amide bonds. The Morgan fingerprint density at radius 2 is 2.09 bits per heavy atom. The summed E-state index contributed by atoms with van der Waals surface area (Å²) in [4.78, 5) is 16.5. The number of likely N-dealkylation sites (tertiary alicyclic amines) is 1. The Bertz CT molecular complexity index is 544. The van der Waals surface area contributed by atoms with E-state index >= 15 is 0 Å². The molecular weight excluding hydrogens is 276 g/mol. The molecule has 4 nitrogen and oxygen atoms in total. The van der Waals surface area contributed by atoms with Crippen molar-refractivity contribution in [1.82, 2.24) is 9.80 Å². The quantitative estimate of drug-likeness (QED) is 0.755. The number of amides is 1. The van der Waals surface area contributed by atoms with Gasteiger partial charge in [-0.05, 0) is 32.9 Å². The minimum Gasteiger partial charge on any atom is -0.481 e. The molecule has 0 unspecified atom stereocenters. The molecule has 0 bridgehead atoms. The molecule has 0 aromatic heterocycles. The molecule has 0 radical (unpaired) electrons. The Morgan fingerprint density at radius 1 is 1.41 bits per heavy atom. The second-order valence-electron chi connectivity index (χ2n) is 5.72. The maximum Gasteiger partial charge on any atom is 0.239 e. The van der Waals surface area contributed by atoms with Gasteiger partial charge in [0.1, 0.15) is 12.4 Å². The van der Waals surface area contributed by atoms with Crippen molar-refractivity contribution >= 4 is 5.91 Å². The van der Waals surface area contributed by atoms with Crippen molar-refractivity contribution in [2.75, 3.05) is 26.7 Å². The maximum absolute atomic E-state index is 12.5. The van der Waals surface area contributed by atoms with E-state index in [1.807, 2.05) is 43.1 Å². The van der Waals surface area contributed by atoms with E-state index in [0.29, 0.717) is 6.54 Å². The summed E-state index contributed by atoms with van der Waals surface area (Å²) in [7, 11) is 1.97.